The number of methoxy groups -OCH3 is 1. The van der Waals surface area contributed by atoms with Gasteiger partial charge in [-0.25, -0.2) is 4.79 Å². The fourth-order valence-electron chi connectivity index (χ4n) is 11.4. The van der Waals surface area contributed by atoms with Gasteiger partial charge in [0.1, 0.15) is 0 Å². The molecule has 1 N–H and O–H groups in total. The van der Waals surface area contributed by atoms with Crippen LogP contribution in [-0.2, 0) is 9.53 Å². The molecule has 0 heterocycles. The minimum Gasteiger partial charge on any atom is -0.481 e. The Balaban J connectivity index is 1.35. The molecule has 5 aliphatic rings. The lowest BCUT2D eigenvalue weighted by atomic mass is 9.37. The SMILES string of the molecule is COC(=O)c1ccc(C2=CCC3(C)C(CCC4(C)C5CCC6(C(=O)O)CCCC(C)C6C5=CCC43)C2(C)C)cc1. The largest absolute Gasteiger partial charge is 0.481 e. The van der Waals surface area contributed by atoms with E-state index in [1.54, 1.807) is 0 Å². The van der Waals surface area contributed by atoms with Gasteiger partial charge < -0.3 is 9.84 Å². The van der Waals surface area contributed by atoms with E-state index in [0.29, 0.717) is 29.2 Å². The number of carbonyl (C=O) groups excluding carboxylic acids is 1. The number of hydrogen-bond donors (Lipinski definition) is 1. The maximum absolute atomic E-state index is 12.8. The van der Waals surface area contributed by atoms with Crippen molar-refractivity contribution >= 4 is 17.5 Å². The van der Waals surface area contributed by atoms with Gasteiger partial charge in [-0.1, -0.05) is 77.3 Å². The fourth-order valence-corrected chi connectivity index (χ4v) is 11.4. The molecule has 0 aliphatic heterocycles. The molecule has 8 unspecified atom stereocenters. The van der Waals surface area contributed by atoms with Crippen LogP contribution in [0.25, 0.3) is 5.57 Å². The average molecular weight is 545 g/mol. The molecule has 0 amide bonds. The standard InChI is InChI=1S/C36H48O4/c1-22-8-7-18-36(32(38)39)21-16-27-25(30(22)36)13-14-29-34(27,4)20-17-28-33(2,3)26(15-19-35(28,29)5)23-9-11-24(12-10-23)31(37)40-6/h9-13,15,22,27-30H,7-8,14,16-21H2,1-6H3,(H,38,39). The summed E-state index contributed by atoms with van der Waals surface area (Å²) in [5, 5.41) is 10.5. The third-order valence-corrected chi connectivity index (χ3v) is 13.2. The molecule has 4 nitrogen and oxygen atoms in total. The van der Waals surface area contributed by atoms with E-state index >= 15 is 0 Å². The third-order valence-electron chi connectivity index (χ3n) is 13.2. The van der Waals surface area contributed by atoms with Crippen LogP contribution in [0.3, 0.4) is 0 Å². The Hall–Kier alpha value is -2.36. The Morgan fingerprint density at radius 3 is 2.30 bits per heavy atom. The predicted octanol–water partition coefficient (Wildman–Crippen LogP) is 8.57. The van der Waals surface area contributed by atoms with E-state index in [2.05, 4.69) is 58.9 Å². The molecule has 216 valence electrons. The lowest BCUT2D eigenvalue weighted by Gasteiger charge is -2.67. The van der Waals surface area contributed by atoms with Gasteiger partial charge in [0.2, 0.25) is 0 Å². The van der Waals surface area contributed by atoms with Crippen molar-refractivity contribution in [1.82, 2.24) is 0 Å². The first kappa shape index (κ1) is 27.8. The van der Waals surface area contributed by atoms with Crippen LogP contribution in [0.4, 0.5) is 0 Å². The molecule has 1 aromatic carbocycles. The Labute approximate surface area is 240 Å². The molecule has 0 spiro atoms. The number of allylic oxidation sites excluding steroid dienone is 4. The highest BCUT2D eigenvalue weighted by Crippen LogP contribution is 2.72. The summed E-state index contributed by atoms with van der Waals surface area (Å²) in [7, 11) is 1.43. The predicted molar refractivity (Wildman–Crippen MR) is 159 cm³/mol. The molecule has 5 aliphatic carbocycles. The lowest BCUT2D eigenvalue weighted by Crippen LogP contribution is -2.60. The maximum atomic E-state index is 12.8. The summed E-state index contributed by atoms with van der Waals surface area (Å²) >= 11 is 0. The number of aliphatic carboxylic acids is 1. The number of fused-ring (bicyclic) bond motifs is 7. The van der Waals surface area contributed by atoms with Gasteiger partial charge in [0.15, 0.2) is 0 Å². The summed E-state index contributed by atoms with van der Waals surface area (Å²) in [6.07, 6.45) is 14.6. The van der Waals surface area contributed by atoms with Crippen molar-refractivity contribution in [3.8, 4) is 0 Å². The number of carbonyl (C=O) groups is 2. The highest BCUT2D eigenvalue weighted by molar-refractivity contribution is 5.90. The molecular formula is C36H48O4. The molecule has 1 aromatic rings. The summed E-state index contributed by atoms with van der Waals surface area (Å²) < 4.78 is 4.91. The van der Waals surface area contributed by atoms with Gasteiger partial charge in [-0.05, 0) is 114 Å². The molecule has 0 saturated heterocycles. The number of rotatable bonds is 3. The van der Waals surface area contributed by atoms with E-state index in [1.165, 1.54) is 36.7 Å². The van der Waals surface area contributed by atoms with Crippen molar-refractivity contribution in [3.05, 3.63) is 53.1 Å². The van der Waals surface area contributed by atoms with Crippen molar-refractivity contribution < 1.29 is 19.4 Å². The zero-order valence-electron chi connectivity index (χ0n) is 25.4. The minimum absolute atomic E-state index is 0.0218. The van der Waals surface area contributed by atoms with E-state index in [9.17, 15) is 14.7 Å². The zero-order chi connectivity index (χ0) is 28.7. The van der Waals surface area contributed by atoms with Crippen LogP contribution in [0, 0.1) is 51.2 Å². The van der Waals surface area contributed by atoms with Crippen LogP contribution in [0.5, 0.6) is 0 Å². The van der Waals surface area contributed by atoms with Gasteiger partial charge in [0, 0.05) is 0 Å². The van der Waals surface area contributed by atoms with Crippen molar-refractivity contribution in [2.45, 2.75) is 92.4 Å². The molecule has 0 radical (unpaired) electrons. The highest BCUT2D eigenvalue weighted by Gasteiger charge is 2.65. The number of hydrogen-bond acceptors (Lipinski definition) is 3. The Bertz CT molecular complexity index is 1270. The third kappa shape index (κ3) is 3.69. The molecule has 3 fully saturated rings. The summed E-state index contributed by atoms with van der Waals surface area (Å²) in [5.41, 5.74) is 4.64. The monoisotopic (exact) mass is 544 g/mol. The Morgan fingerprint density at radius 1 is 0.900 bits per heavy atom. The van der Waals surface area contributed by atoms with Gasteiger partial charge in [0.25, 0.3) is 0 Å². The summed E-state index contributed by atoms with van der Waals surface area (Å²) in [4.78, 5) is 24.8. The number of carboxylic acid groups (broad SMARTS) is 1. The molecular weight excluding hydrogens is 496 g/mol. The molecule has 0 aromatic heterocycles. The van der Waals surface area contributed by atoms with E-state index in [1.807, 2.05) is 12.1 Å². The number of carboxylic acids is 1. The molecule has 4 heteroatoms. The topological polar surface area (TPSA) is 63.6 Å². The lowest BCUT2D eigenvalue weighted by molar-refractivity contribution is -0.164. The summed E-state index contributed by atoms with van der Waals surface area (Å²) in [6, 6.07) is 7.97. The normalized spacial score (nSPS) is 41.7. The smallest absolute Gasteiger partial charge is 0.337 e. The van der Waals surface area contributed by atoms with Crippen molar-refractivity contribution in [3.63, 3.8) is 0 Å². The van der Waals surface area contributed by atoms with Crippen LogP contribution >= 0.6 is 0 Å². The Morgan fingerprint density at radius 2 is 1.62 bits per heavy atom. The highest BCUT2D eigenvalue weighted by atomic mass is 16.5. The first-order valence-corrected chi connectivity index (χ1v) is 15.7. The van der Waals surface area contributed by atoms with Crippen molar-refractivity contribution in [2.75, 3.05) is 7.11 Å². The molecule has 40 heavy (non-hydrogen) atoms. The quantitative estimate of drug-likeness (QED) is 0.306. The van der Waals surface area contributed by atoms with E-state index in [-0.39, 0.29) is 28.1 Å². The minimum atomic E-state index is -0.544. The van der Waals surface area contributed by atoms with Gasteiger partial charge in [-0.2, -0.15) is 0 Å². The average Bonchev–Trinajstić information content (AvgIpc) is 2.92. The van der Waals surface area contributed by atoms with Crippen LogP contribution in [0.15, 0.2) is 42.0 Å². The van der Waals surface area contributed by atoms with Crippen molar-refractivity contribution in [1.29, 1.82) is 0 Å². The fraction of sp³-hybridized carbons (Fsp3) is 0.667. The van der Waals surface area contributed by atoms with Crippen LogP contribution in [-0.4, -0.2) is 24.2 Å². The number of benzene rings is 1. The summed E-state index contributed by atoms with van der Waals surface area (Å²) in [6.45, 7) is 12.4. The molecule has 3 saturated carbocycles. The molecule has 8 atom stereocenters. The number of ether oxygens (including phenoxy) is 1. The zero-order valence-corrected chi connectivity index (χ0v) is 25.4. The second-order valence-electron chi connectivity index (χ2n) is 15.1. The van der Waals surface area contributed by atoms with Gasteiger partial charge in [0.05, 0.1) is 18.1 Å². The van der Waals surface area contributed by atoms with Gasteiger partial charge >= 0.3 is 11.9 Å². The van der Waals surface area contributed by atoms with E-state index < -0.39 is 11.4 Å². The van der Waals surface area contributed by atoms with Crippen LogP contribution in [0.1, 0.15) is 108 Å². The van der Waals surface area contributed by atoms with Gasteiger partial charge in [-0.15, -0.1) is 0 Å². The second kappa shape index (κ2) is 9.33. The van der Waals surface area contributed by atoms with E-state index in [0.717, 1.165) is 44.9 Å². The van der Waals surface area contributed by atoms with E-state index in [4.69, 9.17) is 4.74 Å². The van der Waals surface area contributed by atoms with Crippen LogP contribution in [0.2, 0.25) is 0 Å². The first-order valence-electron chi connectivity index (χ1n) is 15.7. The summed E-state index contributed by atoms with van der Waals surface area (Å²) in [5.74, 6) is 1.52. The molecule has 6 rings (SSSR count). The first-order chi connectivity index (χ1) is 18.9. The van der Waals surface area contributed by atoms with Crippen LogP contribution < -0.4 is 0 Å². The maximum Gasteiger partial charge on any atom is 0.337 e. The van der Waals surface area contributed by atoms with Gasteiger partial charge in [-0.3, -0.25) is 4.79 Å². The second-order valence-corrected chi connectivity index (χ2v) is 15.1. The Kier molecular flexibility index (Phi) is 6.48. The van der Waals surface area contributed by atoms with Crippen molar-refractivity contribution in [2.24, 2.45) is 51.2 Å². The number of esters is 1. The molecule has 0 bridgehead atoms.